The minimum atomic E-state index is -0.223. The molecule has 3 aromatic rings. The smallest absolute Gasteiger partial charge is 0.277 e. The van der Waals surface area contributed by atoms with Crippen LogP contribution in [0.25, 0.3) is 22.4 Å². The highest BCUT2D eigenvalue weighted by molar-refractivity contribution is 5.94. The van der Waals surface area contributed by atoms with Crippen LogP contribution in [0, 0.1) is 0 Å². The molecule has 0 saturated carbocycles. The first-order valence-electron chi connectivity index (χ1n) is 10.8. The molecule has 0 fully saturated rings. The molecule has 0 aliphatic carbocycles. The topological polar surface area (TPSA) is 109 Å². The van der Waals surface area contributed by atoms with Crippen LogP contribution in [0.1, 0.15) is 39.8 Å². The van der Waals surface area contributed by atoms with Gasteiger partial charge in [0.25, 0.3) is 5.56 Å². The fourth-order valence-electron chi connectivity index (χ4n) is 3.46. The van der Waals surface area contributed by atoms with E-state index >= 15 is 0 Å². The molecule has 9 heteroatoms. The number of nitrogens with one attached hydrogen (secondary N) is 3. The number of aliphatic imine (C=N–C) groups is 1. The second kappa shape index (κ2) is 10.1. The SMILES string of the molecule is CCCc1nn(C)c2c(=O)[nH]c(-c3cc(NC(=NCC)NCC)ccc3OCC)nc12. The maximum absolute atomic E-state index is 12.9. The van der Waals surface area contributed by atoms with Crippen molar-refractivity contribution in [3.8, 4) is 17.1 Å². The van der Waals surface area contributed by atoms with Crippen LogP contribution in [0.2, 0.25) is 0 Å². The highest BCUT2D eigenvalue weighted by atomic mass is 16.5. The van der Waals surface area contributed by atoms with Gasteiger partial charge in [-0.3, -0.25) is 14.5 Å². The predicted octanol–water partition coefficient (Wildman–Crippen LogP) is 3.07. The fraction of sp³-hybridized carbons (Fsp3) is 0.455. The molecule has 166 valence electrons. The number of nitrogens with zero attached hydrogens (tertiary/aromatic N) is 4. The van der Waals surface area contributed by atoms with Gasteiger partial charge in [0, 0.05) is 25.8 Å². The van der Waals surface area contributed by atoms with Crippen molar-refractivity contribution in [3.63, 3.8) is 0 Å². The number of guanidine groups is 1. The second-order valence-electron chi connectivity index (χ2n) is 7.05. The molecule has 31 heavy (non-hydrogen) atoms. The maximum atomic E-state index is 12.9. The van der Waals surface area contributed by atoms with Gasteiger partial charge in [-0.1, -0.05) is 13.3 Å². The van der Waals surface area contributed by atoms with Gasteiger partial charge in [-0.25, -0.2) is 4.98 Å². The number of aromatic nitrogens is 4. The van der Waals surface area contributed by atoms with E-state index in [0.29, 0.717) is 47.3 Å². The normalized spacial score (nSPS) is 11.7. The van der Waals surface area contributed by atoms with Gasteiger partial charge in [0.05, 0.1) is 17.9 Å². The van der Waals surface area contributed by atoms with Crippen LogP contribution in [0.5, 0.6) is 5.75 Å². The number of rotatable bonds is 8. The van der Waals surface area contributed by atoms with E-state index in [9.17, 15) is 4.79 Å². The van der Waals surface area contributed by atoms with Crippen molar-refractivity contribution in [3.05, 3.63) is 34.2 Å². The summed E-state index contributed by atoms with van der Waals surface area (Å²) in [5.41, 5.74) is 3.22. The summed E-state index contributed by atoms with van der Waals surface area (Å²) < 4.78 is 7.42. The zero-order valence-electron chi connectivity index (χ0n) is 18.9. The molecule has 1 aromatic carbocycles. The number of anilines is 1. The van der Waals surface area contributed by atoms with Crippen LogP contribution in [0.4, 0.5) is 5.69 Å². The van der Waals surface area contributed by atoms with E-state index in [4.69, 9.17) is 9.72 Å². The quantitative estimate of drug-likeness (QED) is 0.378. The molecule has 0 spiro atoms. The first kappa shape index (κ1) is 22.3. The largest absolute Gasteiger partial charge is 0.493 e. The van der Waals surface area contributed by atoms with E-state index in [-0.39, 0.29) is 5.56 Å². The van der Waals surface area contributed by atoms with E-state index in [1.807, 2.05) is 39.0 Å². The standard InChI is InChI=1S/C22H31N7O2/c1-6-10-16-18-19(29(5)28-16)21(30)27-20(26-18)15-13-14(11-12-17(15)31-9-4)25-22(23-7-2)24-8-3/h11-13H,6-10H2,1-5H3,(H2,23,24,25)(H,26,27,30). The molecule has 9 nitrogen and oxygen atoms in total. The van der Waals surface area contributed by atoms with Gasteiger partial charge < -0.3 is 20.4 Å². The number of aromatic amines is 1. The van der Waals surface area contributed by atoms with Crippen molar-refractivity contribution in [2.45, 2.75) is 40.5 Å². The predicted molar refractivity (Wildman–Crippen MR) is 125 cm³/mol. The van der Waals surface area contributed by atoms with Crippen molar-refractivity contribution in [1.82, 2.24) is 25.1 Å². The average molecular weight is 426 g/mol. The van der Waals surface area contributed by atoms with E-state index < -0.39 is 0 Å². The van der Waals surface area contributed by atoms with Crippen LogP contribution in [0.15, 0.2) is 28.0 Å². The average Bonchev–Trinajstić information content (AvgIpc) is 3.06. The van der Waals surface area contributed by atoms with Crippen LogP contribution in [-0.2, 0) is 13.5 Å². The lowest BCUT2D eigenvalue weighted by Gasteiger charge is -2.15. The van der Waals surface area contributed by atoms with Crippen LogP contribution < -0.4 is 20.9 Å². The van der Waals surface area contributed by atoms with Gasteiger partial charge in [0.2, 0.25) is 0 Å². The van der Waals surface area contributed by atoms with Crippen molar-refractivity contribution in [2.75, 3.05) is 25.0 Å². The van der Waals surface area contributed by atoms with E-state index in [1.165, 1.54) is 0 Å². The molecule has 0 aliphatic rings. The van der Waals surface area contributed by atoms with Crippen LogP contribution in [0.3, 0.4) is 0 Å². The number of H-pyrrole nitrogens is 1. The Morgan fingerprint density at radius 2 is 2.06 bits per heavy atom. The summed E-state index contributed by atoms with van der Waals surface area (Å²) >= 11 is 0. The Kier molecular flexibility index (Phi) is 7.28. The Bertz CT molecular complexity index is 1130. The monoisotopic (exact) mass is 425 g/mol. The summed E-state index contributed by atoms with van der Waals surface area (Å²) in [5.74, 6) is 1.79. The first-order valence-corrected chi connectivity index (χ1v) is 10.8. The van der Waals surface area contributed by atoms with Gasteiger partial charge >= 0.3 is 0 Å². The minimum absolute atomic E-state index is 0.223. The molecule has 0 bridgehead atoms. The summed E-state index contributed by atoms with van der Waals surface area (Å²) in [6.07, 6.45) is 1.68. The van der Waals surface area contributed by atoms with Crippen molar-refractivity contribution in [2.24, 2.45) is 12.0 Å². The molecule has 0 saturated heterocycles. The number of aryl methyl sites for hydroxylation is 2. The van der Waals surface area contributed by atoms with Crippen LogP contribution in [-0.4, -0.2) is 45.4 Å². The lowest BCUT2D eigenvalue weighted by Crippen LogP contribution is -2.30. The number of hydrogen-bond donors (Lipinski definition) is 3. The summed E-state index contributed by atoms with van der Waals surface area (Å²) in [6, 6.07) is 5.70. The number of benzene rings is 1. The van der Waals surface area contributed by atoms with Gasteiger partial charge in [0.1, 0.15) is 17.1 Å². The highest BCUT2D eigenvalue weighted by Gasteiger charge is 2.18. The number of hydrogen-bond acceptors (Lipinski definition) is 5. The lowest BCUT2D eigenvalue weighted by molar-refractivity contribution is 0.341. The van der Waals surface area contributed by atoms with E-state index in [1.54, 1.807) is 11.7 Å². The Morgan fingerprint density at radius 3 is 2.74 bits per heavy atom. The van der Waals surface area contributed by atoms with Gasteiger partial charge in [-0.15, -0.1) is 0 Å². The Hall–Kier alpha value is -3.36. The van der Waals surface area contributed by atoms with Crippen molar-refractivity contribution < 1.29 is 4.74 Å². The number of ether oxygens (including phenoxy) is 1. The summed E-state index contributed by atoms with van der Waals surface area (Å²) in [7, 11) is 1.77. The molecule has 3 rings (SSSR count). The molecule has 0 amide bonds. The summed E-state index contributed by atoms with van der Waals surface area (Å²) in [6.45, 7) is 9.91. The van der Waals surface area contributed by atoms with E-state index in [0.717, 1.165) is 30.8 Å². The molecule has 0 atom stereocenters. The fourth-order valence-corrected chi connectivity index (χ4v) is 3.46. The molecular formula is C22H31N7O2. The van der Waals surface area contributed by atoms with Gasteiger partial charge in [-0.2, -0.15) is 5.10 Å². The molecule has 0 radical (unpaired) electrons. The van der Waals surface area contributed by atoms with E-state index in [2.05, 4.69) is 32.6 Å². The lowest BCUT2D eigenvalue weighted by atomic mass is 10.1. The van der Waals surface area contributed by atoms with Crippen LogP contribution >= 0.6 is 0 Å². The Morgan fingerprint density at radius 1 is 1.26 bits per heavy atom. The third-order valence-electron chi connectivity index (χ3n) is 4.71. The van der Waals surface area contributed by atoms with Crippen molar-refractivity contribution in [1.29, 1.82) is 0 Å². The molecule has 0 unspecified atom stereocenters. The summed E-state index contributed by atoms with van der Waals surface area (Å²) in [5, 5.41) is 11.0. The third-order valence-corrected chi connectivity index (χ3v) is 4.71. The Labute approximate surface area is 182 Å². The maximum Gasteiger partial charge on any atom is 0.277 e. The molecule has 2 heterocycles. The highest BCUT2D eigenvalue weighted by Crippen LogP contribution is 2.31. The van der Waals surface area contributed by atoms with Gasteiger partial charge in [0.15, 0.2) is 11.5 Å². The minimum Gasteiger partial charge on any atom is -0.493 e. The second-order valence-corrected chi connectivity index (χ2v) is 7.05. The zero-order chi connectivity index (χ0) is 22.4. The molecular weight excluding hydrogens is 394 g/mol. The summed E-state index contributed by atoms with van der Waals surface area (Å²) in [4.78, 5) is 25.0. The molecule has 3 N–H and O–H groups in total. The number of fused-ring (bicyclic) bond motifs is 1. The molecule has 0 aliphatic heterocycles. The van der Waals surface area contributed by atoms with Gasteiger partial charge in [-0.05, 0) is 45.4 Å². The van der Waals surface area contributed by atoms with Crippen molar-refractivity contribution >= 4 is 22.7 Å². The third kappa shape index (κ3) is 4.87. The molecule has 2 aromatic heterocycles. The zero-order valence-corrected chi connectivity index (χ0v) is 18.9. The first-order chi connectivity index (χ1) is 15.0. The Balaban J connectivity index is 2.13.